The van der Waals surface area contributed by atoms with Crippen molar-refractivity contribution in [1.29, 1.82) is 5.41 Å². The molecule has 0 aliphatic carbocycles. The van der Waals surface area contributed by atoms with Crippen LogP contribution in [-0.4, -0.2) is 65.6 Å². The lowest BCUT2D eigenvalue weighted by Gasteiger charge is -2.09. The van der Waals surface area contributed by atoms with Gasteiger partial charge in [0.15, 0.2) is 22.8 Å². The number of thiazole rings is 1. The number of rotatable bonds is 11. The lowest BCUT2D eigenvalue weighted by atomic mass is 10.4. The number of hydrogen-bond acceptors (Lipinski definition) is 10. The van der Waals surface area contributed by atoms with E-state index < -0.39 is 10.2 Å². The fourth-order valence-corrected chi connectivity index (χ4v) is 5.73. The number of nitrogens with two attached hydrogens (primary N) is 1. The van der Waals surface area contributed by atoms with Gasteiger partial charge >= 0.3 is 10.2 Å². The highest BCUT2D eigenvalue weighted by Crippen LogP contribution is 2.19. The van der Waals surface area contributed by atoms with Gasteiger partial charge in [0.25, 0.3) is 0 Å². The summed E-state index contributed by atoms with van der Waals surface area (Å²) in [5, 5.41) is 18.4. The van der Waals surface area contributed by atoms with Crippen molar-refractivity contribution in [3.8, 4) is 0 Å². The molecule has 3 rings (SSSR count). The van der Waals surface area contributed by atoms with Crippen LogP contribution < -0.4 is 21.7 Å². The third-order valence-corrected chi connectivity index (χ3v) is 7.53. The molecule has 0 atom stereocenters. The van der Waals surface area contributed by atoms with Crippen LogP contribution in [0.1, 0.15) is 17.1 Å². The van der Waals surface area contributed by atoms with Crippen molar-refractivity contribution in [2.75, 3.05) is 29.9 Å². The minimum Gasteiger partial charge on any atom is -0.370 e. The molecular formula is C16H24N10O2S4. The Kier molecular flexibility index (Phi) is 8.77. The predicted molar refractivity (Wildman–Crippen MR) is 133 cm³/mol. The maximum absolute atomic E-state index is 11.8. The molecule has 0 saturated carbocycles. The van der Waals surface area contributed by atoms with Gasteiger partial charge in [-0.25, -0.2) is 9.97 Å². The molecule has 0 radical (unpaired) electrons. The summed E-state index contributed by atoms with van der Waals surface area (Å²) >= 11 is 4.72. The summed E-state index contributed by atoms with van der Waals surface area (Å²) in [6, 6.07) is 0. The molecule has 1 aliphatic rings. The summed E-state index contributed by atoms with van der Waals surface area (Å²) in [6.45, 7) is 3.06. The van der Waals surface area contributed by atoms with Crippen molar-refractivity contribution in [1.82, 2.24) is 25.6 Å². The monoisotopic (exact) mass is 516 g/mol. The molecule has 1 aliphatic heterocycles. The zero-order valence-electron chi connectivity index (χ0n) is 17.2. The number of aromatic amines is 1. The fraction of sp³-hybridized carbons (Fsp3) is 0.438. The van der Waals surface area contributed by atoms with Crippen molar-refractivity contribution in [2.24, 2.45) is 14.5 Å². The number of H-pyrrole nitrogens is 1. The van der Waals surface area contributed by atoms with E-state index in [1.165, 1.54) is 11.3 Å². The van der Waals surface area contributed by atoms with Gasteiger partial charge in [0.2, 0.25) is 0 Å². The topological polar surface area (TPSA) is 186 Å². The fourth-order valence-electron chi connectivity index (χ4n) is 2.48. The first kappa shape index (κ1) is 24.3. The van der Waals surface area contributed by atoms with Crippen molar-refractivity contribution in [2.45, 2.75) is 18.4 Å². The zero-order chi connectivity index (χ0) is 23.0. The van der Waals surface area contributed by atoms with Crippen LogP contribution in [0, 0.1) is 12.3 Å². The third-order valence-electron chi connectivity index (χ3n) is 3.93. The molecule has 0 bridgehead atoms. The third kappa shape index (κ3) is 7.68. The van der Waals surface area contributed by atoms with E-state index >= 15 is 0 Å². The number of anilines is 1. The first-order valence-corrected chi connectivity index (χ1v) is 14.0. The molecule has 0 saturated heterocycles. The predicted octanol–water partition coefficient (Wildman–Crippen LogP) is 0.881. The van der Waals surface area contributed by atoms with E-state index in [9.17, 15) is 8.42 Å². The van der Waals surface area contributed by atoms with Crippen molar-refractivity contribution in [3.05, 3.63) is 28.8 Å². The van der Waals surface area contributed by atoms with E-state index in [4.69, 9.17) is 11.1 Å². The molecular weight excluding hydrogens is 493 g/mol. The quantitative estimate of drug-likeness (QED) is 0.142. The summed E-state index contributed by atoms with van der Waals surface area (Å²) in [4.78, 5) is 11.6. The lowest BCUT2D eigenvalue weighted by molar-refractivity contribution is 0.600. The number of hydrogen-bond donors (Lipinski definition) is 6. The van der Waals surface area contributed by atoms with Crippen molar-refractivity contribution < 1.29 is 8.42 Å². The molecule has 0 spiro atoms. The number of guanidine groups is 1. The van der Waals surface area contributed by atoms with E-state index in [2.05, 4.69) is 39.7 Å². The molecule has 0 fully saturated rings. The Balaban J connectivity index is 1.35. The SMILES string of the molecule is Cc1[nH]cnc1CSCCNC1=NS(=O)(=O)N=C1NCCSCc1csc(NC(=N)N)n1. The van der Waals surface area contributed by atoms with Gasteiger partial charge < -0.3 is 26.7 Å². The molecule has 32 heavy (non-hydrogen) atoms. The van der Waals surface area contributed by atoms with Gasteiger partial charge in [-0.3, -0.25) is 5.41 Å². The molecule has 0 aromatic carbocycles. The molecule has 12 nitrogen and oxygen atoms in total. The number of amidine groups is 2. The Bertz CT molecular complexity index is 1090. The summed E-state index contributed by atoms with van der Waals surface area (Å²) < 4.78 is 30.9. The highest BCUT2D eigenvalue weighted by atomic mass is 32.2. The van der Waals surface area contributed by atoms with Crippen LogP contribution in [0.5, 0.6) is 0 Å². The smallest absolute Gasteiger partial charge is 0.367 e. The second-order valence-electron chi connectivity index (χ2n) is 6.44. The summed E-state index contributed by atoms with van der Waals surface area (Å²) in [5.74, 6) is 3.29. The highest BCUT2D eigenvalue weighted by molar-refractivity contribution is 7.98. The van der Waals surface area contributed by atoms with Crippen LogP contribution in [0.15, 0.2) is 20.5 Å². The Morgan fingerprint density at radius 1 is 1.19 bits per heavy atom. The van der Waals surface area contributed by atoms with Crippen molar-refractivity contribution >= 4 is 67.8 Å². The largest absolute Gasteiger partial charge is 0.370 e. The molecule has 2 aromatic heterocycles. The molecule has 0 amide bonds. The van der Waals surface area contributed by atoms with Crippen LogP contribution in [0.4, 0.5) is 5.13 Å². The van der Waals surface area contributed by atoms with Gasteiger partial charge in [-0.05, 0) is 6.92 Å². The molecule has 3 heterocycles. The standard InChI is InChI=1S/C16H24N10O2S4/c1-10-12(22-9-21-10)8-30-5-3-20-14-13(25-32(27,28)26-14)19-2-4-29-6-11-7-31-16(23-11)24-15(17)18/h7,9H,2-6,8H2,1H3,(H,19,25)(H,20,26)(H,21,22)(H4,17,18,23,24). The van der Waals surface area contributed by atoms with Crippen molar-refractivity contribution in [3.63, 3.8) is 0 Å². The molecule has 174 valence electrons. The van der Waals surface area contributed by atoms with E-state index in [0.717, 1.165) is 34.3 Å². The minimum atomic E-state index is -3.84. The second kappa shape index (κ2) is 11.5. The van der Waals surface area contributed by atoms with E-state index in [1.54, 1.807) is 29.9 Å². The van der Waals surface area contributed by atoms with E-state index in [1.807, 2.05) is 12.3 Å². The number of nitrogens with one attached hydrogen (secondary N) is 5. The van der Waals surface area contributed by atoms with Gasteiger partial charge in [-0.2, -0.15) is 31.9 Å². The second-order valence-corrected chi connectivity index (χ2v) is 10.8. The summed E-state index contributed by atoms with van der Waals surface area (Å²) in [5.41, 5.74) is 8.24. The normalized spacial score (nSPS) is 14.7. The molecule has 7 N–H and O–H groups in total. The van der Waals surface area contributed by atoms with Crippen LogP contribution in [-0.2, 0) is 21.7 Å². The zero-order valence-corrected chi connectivity index (χ0v) is 20.5. The lowest BCUT2D eigenvalue weighted by Crippen LogP contribution is -2.40. The summed E-state index contributed by atoms with van der Waals surface area (Å²) in [7, 11) is -3.84. The maximum Gasteiger partial charge on any atom is 0.367 e. The van der Waals surface area contributed by atoms with E-state index in [0.29, 0.717) is 24.0 Å². The number of thioether (sulfide) groups is 2. The van der Waals surface area contributed by atoms with Crippen LogP contribution >= 0.6 is 34.9 Å². The van der Waals surface area contributed by atoms with Gasteiger partial charge in [0.05, 0.1) is 17.7 Å². The molecule has 0 unspecified atom stereocenters. The minimum absolute atomic E-state index is 0.146. The average molecular weight is 517 g/mol. The summed E-state index contributed by atoms with van der Waals surface area (Å²) in [6.07, 6.45) is 1.67. The molecule has 2 aromatic rings. The van der Waals surface area contributed by atoms with Gasteiger partial charge in [0, 0.05) is 47.2 Å². The molecule has 16 heteroatoms. The van der Waals surface area contributed by atoms with Gasteiger partial charge in [-0.15, -0.1) is 20.1 Å². The Morgan fingerprint density at radius 3 is 2.44 bits per heavy atom. The van der Waals surface area contributed by atoms with Gasteiger partial charge in [0.1, 0.15) is 0 Å². The highest BCUT2D eigenvalue weighted by Gasteiger charge is 2.23. The maximum atomic E-state index is 11.8. The van der Waals surface area contributed by atoms with Crippen LogP contribution in [0.3, 0.4) is 0 Å². The van der Waals surface area contributed by atoms with E-state index in [-0.39, 0.29) is 17.6 Å². The number of aryl methyl sites for hydroxylation is 1. The number of imidazole rings is 1. The Hall–Kier alpha value is -2.30. The first-order valence-electron chi connectivity index (χ1n) is 9.45. The Labute approximate surface area is 198 Å². The number of aromatic nitrogens is 3. The Morgan fingerprint density at radius 2 is 1.84 bits per heavy atom. The van der Waals surface area contributed by atoms with Gasteiger partial charge in [-0.1, -0.05) is 0 Å². The van der Waals surface area contributed by atoms with Crippen LogP contribution in [0.25, 0.3) is 0 Å². The number of nitrogens with zero attached hydrogens (tertiary/aromatic N) is 4. The first-order chi connectivity index (χ1) is 15.3. The average Bonchev–Trinajstić information content (AvgIpc) is 3.40. The van der Waals surface area contributed by atoms with Crippen LogP contribution in [0.2, 0.25) is 0 Å².